The average molecular weight is 330 g/mol. The van der Waals surface area contributed by atoms with Crippen LogP contribution in [-0.2, 0) is 0 Å². The Kier molecular flexibility index (Phi) is 4.11. The lowest BCUT2D eigenvalue weighted by atomic mass is 9.79. The summed E-state index contributed by atoms with van der Waals surface area (Å²) in [5.74, 6) is 0.170. The molecule has 0 spiro atoms. The molecule has 0 radical (unpaired) electrons. The molecule has 1 amide bonds. The van der Waals surface area contributed by atoms with Gasteiger partial charge in [-0.1, -0.05) is 32.9 Å². The van der Waals surface area contributed by atoms with Gasteiger partial charge in [0.05, 0.1) is 16.6 Å². The molecule has 2 aromatic heterocycles. The van der Waals surface area contributed by atoms with Crippen molar-refractivity contribution in [3.63, 3.8) is 0 Å². The highest BCUT2D eigenvalue weighted by Crippen LogP contribution is 2.32. The molecular formula is C18H26N4O2. The summed E-state index contributed by atoms with van der Waals surface area (Å²) in [6.07, 6.45) is 0.812. The van der Waals surface area contributed by atoms with Crippen LogP contribution in [0.5, 0.6) is 0 Å². The van der Waals surface area contributed by atoms with E-state index in [1.165, 1.54) is 0 Å². The van der Waals surface area contributed by atoms with Crippen molar-refractivity contribution in [2.24, 2.45) is 11.1 Å². The van der Waals surface area contributed by atoms with Crippen molar-refractivity contribution >= 4 is 17.0 Å². The Hall–Kier alpha value is -1.95. The van der Waals surface area contributed by atoms with Gasteiger partial charge < -0.3 is 15.2 Å². The van der Waals surface area contributed by atoms with Crippen LogP contribution in [0.25, 0.3) is 11.1 Å². The summed E-state index contributed by atoms with van der Waals surface area (Å²) in [6, 6.07) is 1.96. The van der Waals surface area contributed by atoms with Crippen molar-refractivity contribution < 1.29 is 9.32 Å². The maximum Gasteiger partial charge on any atom is 0.259 e. The summed E-state index contributed by atoms with van der Waals surface area (Å²) in [5, 5.41) is 4.88. The highest BCUT2D eigenvalue weighted by atomic mass is 16.5. The van der Waals surface area contributed by atoms with Crippen LogP contribution < -0.4 is 5.73 Å². The van der Waals surface area contributed by atoms with Gasteiger partial charge in [0.1, 0.15) is 0 Å². The predicted octanol–water partition coefficient (Wildman–Crippen LogP) is 2.85. The maximum atomic E-state index is 13.2. The van der Waals surface area contributed by atoms with E-state index < -0.39 is 0 Å². The SMILES string of the molecule is Cc1cc(C(=O)N2CCC(N)C(C)(C)C2)c2c(C(C)C)noc2n1. The van der Waals surface area contributed by atoms with Crippen LogP contribution >= 0.6 is 0 Å². The van der Waals surface area contributed by atoms with Gasteiger partial charge in [-0.15, -0.1) is 0 Å². The smallest absolute Gasteiger partial charge is 0.259 e. The van der Waals surface area contributed by atoms with Crippen LogP contribution in [0.4, 0.5) is 0 Å². The van der Waals surface area contributed by atoms with Gasteiger partial charge in [-0.2, -0.15) is 0 Å². The number of pyridine rings is 1. The lowest BCUT2D eigenvalue weighted by Gasteiger charge is -2.42. The molecule has 130 valence electrons. The molecule has 1 unspecified atom stereocenters. The van der Waals surface area contributed by atoms with E-state index in [1.54, 1.807) is 0 Å². The third kappa shape index (κ3) is 2.79. The Morgan fingerprint density at radius 3 is 2.79 bits per heavy atom. The normalized spacial score (nSPS) is 20.8. The van der Waals surface area contributed by atoms with Crippen molar-refractivity contribution in [1.82, 2.24) is 15.0 Å². The standard InChI is InChI=1S/C18H26N4O2/c1-10(2)15-14-12(8-11(3)20-16(14)24-21-15)17(23)22-7-6-13(19)18(4,5)9-22/h8,10,13H,6-7,9,19H2,1-5H3. The molecule has 3 rings (SSSR count). The third-order valence-corrected chi connectivity index (χ3v) is 4.98. The van der Waals surface area contributed by atoms with E-state index in [0.29, 0.717) is 24.4 Å². The number of carbonyl (C=O) groups excluding carboxylic acids is 1. The molecule has 0 bridgehead atoms. The molecule has 24 heavy (non-hydrogen) atoms. The van der Waals surface area contributed by atoms with E-state index in [4.69, 9.17) is 10.3 Å². The number of hydrogen-bond acceptors (Lipinski definition) is 5. The number of fused-ring (bicyclic) bond motifs is 1. The molecule has 1 fully saturated rings. The molecule has 6 heteroatoms. The number of aryl methyl sites for hydroxylation is 1. The molecule has 2 N–H and O–H groups in total. The summed E-state index contributed by atoms with van der Waals surface area (Å²) < 4.78 is 5.38. The number of aromatic nitrogens is 2. The minimum Gasteiger partial charge on any atom is -0.338 e. The molecule has 6 nitrogen and oxygen atoms in total. The summed E-state index contributed by atoms with van der Waals surface area (Å²) >= 11 is 0. The van der Waals surface area contributed by atoms with E-state index >= 15 is 0 Å². The van der Waals surface area contributed by atoms with E-state index in [9.17, 15) is 4.79 Å². The molecule has 1 atom stereocenters. The second-order valence-electron chi connectivity index (χ2n) is 7.82. The van der Waals surface area contributed by atoms with Crippen molar-refractivity contribution in [3.8, 4) is 0 Å². The minimum absolute atomic E-state index is 0.00979. The second kappa shape index (κ2) is 5.84. The zero-order valence-corrected chi connectivity index (χ0v) is 15.1. The van der Waals surface area contributed by atoms with Gasteiger partial charge >= 0.3 is 0 Å². The van der Waals surface area contributed by atoms with E-state index in [2.05, 4.69) is 24.0 Å². The van der Waals surface area contributed by atoms with Gasteiger partial charge in [-0.3, -0.25) is 4.79 Å². The first-order valence-electron chi connectivity index (χ1n) is 8.52. The molecule has 0 aromatic carbocycles. The molecule has 1 aliphatic rings. The van der Waals surface area contributed by atoms with E-state index in [-0.39, 0.29) is 23.3 Å². The number of nitrogens with two attached hydrogens (primary N) is 1. The maximum absolute atomic E-state index is 13.2. The monoisotopic (exact) mass is 330 g/mol. The summed E-state index contributed by atoms with van der Waals surface area (Å²) in [6.45, 7) is 11.5. The van der Waals surface area contributed by atoms with E-state index in [1.807, 2.05) is 31.7 Å². The molecule has 1 aliphatic heterocycles. The average Bonchev–Trinajstić information content (AvgIpc) is 2.92. The van der Waals surface area contributed by atoms with Gasteiger partial charge in [-0.05, 0) is 30.7 Å². The fourth-order valence-corrected chi connectivity index (χ4v) is 3.38. The van der Waals surface area contributed by atoms with Crippen LogP contribution in [0.2, 0.25) is 0 Å². The number of likely N-dealkylation sites (tertiary alicyclic amines) is 1. The Morgan fingerprint density at radius 2 is 2.17 bits per heavy atom. The highest BCUT2D eigenvalue weighted by molar-refractivity contribution is 6.06. The van der Waals surface area contributed by atoms with Crippen molar-refractivity contribution in [2.45, 2.75) is 53.0 Å². The number of piperidine rings is 1. The first kappa shape index (κ1) is 16.9. The molecule has 0 saturated carbocycles. The topological polar surface area (TPSA) is 85.2 Å². The molecule has 0 aliphatic carbocycles. The van der Waals surface area contributed by atoms with Gasteiger partial charge in [0, 0.05) is 24.8 Å². The van der Waals surface area contributed by atoms with Crippen LogP contribution in [-0.4, -0.2) is 40.1 Å². The van der Waals surface area contributed by atoms with E-state index in [0.717, 1.165) is 23.2 Å². The fraction of sp³-hybridized carbons (Fsp3) is 0.611. The highest BCUT2D eigenvalue weighted by Gasteiger charge is 2.36. The largest absolute Gasteiger partial charge is 0.338 e. The third-order valence-electron chi connectivity index (χ3n) is 4.98. The summed E-state index contributed by atoms with van der Waals surface area (Å²) in [5.41, 5.74) is 8.72. The second-order valence-corrected chi connectivity index (χ2v) is 7.82. The lowest BCUT2D eigenvalue weighted by molar-refractivity contribution is 0.0534. The van der Waals surface area contributed by atoms with Crippen molar-refractivity contribution in [1.29, 1.82) is 0 Å². The number of amides is 1. The fourth-order valence-electron chi connectivity index (χ4n) is 3.38. The number of nitrogens with zero attached hydrogens (tertiary/aromatic N) is 3. The zero-order chi connectivity index (χ0) is 17.6. The quantitative estimate of drug-likeness (QED) is 0.915. The van der Waals surface area contributed by atoms with Crippen molar-refractivity contribution in [2.75, 3.05) is 13.1 Å². The Morgan fingerprint density at radius 1 is 1.46 bits per heavy atom. The lowest BCUT2D eigenvalue weighted by Crippen LogP contribution is -2.54. The van der Waals surface area contributed by atoms with Crippen LogP contribution in [0.1, 0.15) is 61.8 Å². The van der Waals surface area contributed by atoms with Gasteiger partial charge in [-0.25, -0.2) is 4.98 Å². The van der Waals surface area contributed by atoms with Gasteiger partial charge in [0.15, 0.2) is 0 Å². The predicted molar refractivity (Wildman–Crippen MR) is 92.9 cm³/mol. The minimum atomic E-state index is -0.0926. The Bertz CT molecular complexity index is 779. The summed E-state index contributed by atoms with van der Waals surface area (Å²) in [4.78, 5) is 19.5. The van der Waals surface area contributed by atoms with Crippen LogP contribution in [0.15, 0.2) is 10.6 Å². The first-order chi connectivity index (χ1) is 11.2. The molecular weight excluding hydrogens is 304 g/mol. The van der Waals surface area contributed by atoms with Gasteiger partial charge in [0.2, 0.25) is 0 Å². The van der Waals surface area contributed by atoms with Crippen LogP contribution in [0.3, 0.4) is 0 Å². The molecule has 3 heterocycles. The summed E-state index contributed by atoms with van der Waals surface area (Å²) in [7, 11) is 0. The number of rotatable bonds is 2. The molecule has 2 aromatic rings. The first-order valence-corrected chi connectivity index (χ1v) is 8.52. The van der Waals surface area contributed by atoms with Crippen LogP contribution in [0, 0.1) is 12.3 Å². The number of carbonyl (C=O) groups is 1. The van der Waals surface area contributed by atoms with Crippen molar-refractivity contribution in [3.05, 3.63) is 23.0 Å². The molecule has 1 saturated heterocycles. The Balaban J connectivity index is 2.05. The zero-order valence-electron chi connectivity index (χ0n) is 15.1. The Labute approximate surface area is 142 Å². The number of hydrogen-bond donors (Lipinski definition) is 1. The van der Waals surface area contributed by atoms with Gasteiger partial charge in [0.25, 0.3) is 11.6 Å².